The monoisotopic (exact) mass is 283 g/mol. The van der Waals surface area contributed by atoms with Gasteiger partial charge in [0, 0.05) is 19.1 Å². The average Bonchev–Trinajstić information content (AvgIpc) is 2.93. The lowest BCUT2D eigenvalue weighted by Gasteiger charge is -2.26. The minimum Gasteiger partial charge on any atom is -0.391 e. The smallest absolute Gasteiger partial charge is 0.186 e. The largest absolute Gasteiger partial charge is 0.391 e. The van der Waals surface area contributed by atoms with Crippen molar-refractivity contribution in [2.45, 2.75) is 45.3 Å². The summed E-state index contributed by atoms with van der Waals surface area (Å²) in [7, 11) is 4.24. The fourth-order valence-electron chi connectivity index (χ4n) is 2.74. The molecule has 0 aromatic carbocycles. The summed E-state index contributed by atoms with van der Waals surface area (Å²) in [5.74, 6) is 0.377. The van der Waals surface area contributed by atoms with Crippen molar-refractivity contribution in [3.05, 3.63) is 10.6 Å². The molecular weight excluding hydrogens is 258 g/mol. The molecule has 2 rings (SSSR count). The number of anilines is 1. The molecule has 0 bridgehead atoms. The van der Waals surface area contributed by atoms with Gasteiger partial charge in [0.1, 0.15) is 0 Å². The van der Waals surface area contributed by atoms with Gasteiger partial charge in [0.05, 0.1) is 17.2 Å². The van der Waals surface area contributed by atoms with Gasteiger partial charge < -0.3 is 14.9 Å². The summed E-state index contributed by atoms with van der Waals surface area (Å²) in [6.07, 6.45) is 2.48. The van der Waals surface area contributed by atoms with Crippen LogP contribution < -0.4 is 4.90 Å². The van der Waals surface area contributed by atoms with Crippen molar-refractivity contribution in [2.24, 2.45) is 0 Å². The molecule has 1 atom stereocenters. The second kappa shape index (κ2) is 6.20. The van der Waals surface area contributed by atoms with Gasteiger partial charge in [-0.15, -0.1) is 0 Å². The number of thiazole rings is 1. The summed E-state index contributed by atoms with van der Waals surface area (Å²) < 4.78 is 0. The standard InChI is InChI=1S/C14H25N3OS/c1-10(2)13-12(9-18)19-14(15-13)17-7-5-6-11(17)8-16(3)4/h10-11,18H,5-9H2,1-4H3. The Labute approximate surface area is 120 Å². The molecule has 1 aliphatic rings. The third-order valence-corrected chi connectivity index (χ3v) is 4.70. The van der Waals surface area contributed by atoms with Crippen LogP contribution >= 0.6 is 11.3 Å². The minimum atomic E-state index is 0.108. The number of aliphatic hydroxyl groups excluding tert-OH is 1. The predicted octanol–water partition coefficient (Wildman–Crippen LogP) is 2.29. The molecule has 19 heavy (non-hydrogen) atoms. The first-order chi connectivity index (χ1) is 9.02. The zero-order chi connectivity index (χ0) is 14.0. The Balaban J connectivity index is 2.21. The Morgan fingerprint density at radius 2 is 2.21 bits per heavy atom. The van der Waals surface area contributed by atoms with Crippen molar-refractivity contribution in [3.8, 4) is 0 Å². The van der Waals surface area contributed by atoms with E-state index in [4.69, 9.17) is 4.98 Å². The SMILES string of the molecule is CC(C)c1nc(N2CCCC2CN(C)C)sc1CO. The van der Waals surface area contributed by atoms with Crippen LogP contribution in [0.4, 0.5) is 5.13 Å². The molecule has 1 aromatic rings. The highest BCUT2D eigenvalue weighted by atomic mass is 32.1. The number of hydrogen-bond acceptors (Lipinski definition) is 5. The van der Waals surface area contributed by atoms with Crippen LogP contribution in [0.15, 0.2) is 0 Å². The molecule has 1 fully saturated rings. The molecular formula is C14H25N3OS. The highest BCUT2D eigenvalue weighted by Gasteiger charge is 2.28. The maximum atomic E-state index is 9.48. The third-order valence-electron chi connectivity index (χ3n) is 3.61. The van der Waals surface area contributed by atoms with Crippen LogP contribution in [0, 0.1) is 0 Å². The quantitative estimate of drug-likeness (QED) is 0.900. The van der Waals surface area contributed by atoms with Gasteiger partial charge in [0.25, 0.3) is 0 Å². The van der Waals surface area contributed by atoms with Crippen molar-refractivity contribution in [2.75, 3.05) is 32.1 Å². The Kier molecular flexibility index (Phi) is 4.81. The zero-order valence-corrected chi connectivity index (χ0v) is 13.2. The van der Waals surface area contributed by atoms with Crippen molar-refractivity contribution >= 4 is 16.5 Å². The Morgan fingerprint density at radius 3 is 2.74 bits per heavy atom. The summed E-state index contributed by atoms with van der Waals surface area (Å²) in [5, 5.41) is 10.6. The first-order valence-electron chi connectivity index (χ1n) is 7.04. The van der Waals surface area contributed by atoms with Gasteiger partial charge >= 0.3 is 0 Å². The molecule has 5 heteroatoms. The van der Waals surface area contributed by atoms with Crippen molar-refractivity contribution < 1.29 is 5.11 Å². The van der Waals surface area contributed by atoms with Gasteiger partial charge in [0.2, 0.25) is 0 Å². The van der Waals surface area contributed by atoms with E-state index in [-0.39, 0.29) is 6.61 Å². The van der Waals surface area contributed by atoms with Crippen LogP contribution in [0.5, 0.6) is 0 Å². The van der Waals surface area contributed by atoms with E-state index >= 15 is 0 Å². The maximum Gasteiger partial charge on any atom is 0.186 e. The number of aliphatic hydroxyl groups is 1. The van der Waals surface area contributed by atoms with Gasteiger partial charge in [-0.2, -0.15) is 0 Å². The third kappa shape index (κ3) is 3.27. The molecule has 1 N–H and O–H groups in total. The first kappa shape index (κ1) is 14.8. The molecule has 1 unspecified atom stereocenters. The molecule has 0 aliphatic carbocycles. The van der Waals surface area contributed by atoms with Gasteiger partial charge in [-0.05, 0) is 32.9 Å². The van der Waals surface area contributed by atoms with Crippen molar-refractivity contribution in [1.29, 1.82) is 0 Å². The highest BCUT2D eigenvalue weighted by molar-refractivity contribution is 7.15. The van der Waals surface area contributed by atoms with E-state index in [9.17, 15) is 5.11 Å². The topological polar surface area (TPSA) is 39.6 Å². The van der Waals surface area contributed by atoms with E-state index in [2.05, 4.69) is 37.7 Å². The van der Waals surface area contributed by atoms with Crippen molar-refractivity contribution in [1.82, 2.24) is 9.88 Å². The molecule has 0 radical (unpaired) electrons. The number of nitrogens with zero attached hydrogens (tertiary/aromatic N) is 3. The molecule has 0 amide bonds. The van der Waals surface area contributed by atoms with E-state index in [0.717, 1.165) is 28.8 Å². The van der Waals surface area contributed by atoms with E-state index < -0.39 is 0 Å². The lowest BCUT2D eigenvalue weighted by molar-refractivity contribution is 0.283. The lowest BCUT2D eigenvalue weighted by Crippen LogP contribution is -2.37. The molecule has 4 nitrogen and oxygen atoms in total. The normalized spacial score (nSPS) is 19.9. The van der Waals surface area contributed by atoms with E-state index in [0.29, 0.717) is 12.0 Å². The number of likely N-dealkylation sites (N-methyl/N-ethyl adjacent to an activating group) is 1. The van der Waals surface area contributed by atoms with Gasteiger partial charge in [-0.25, -0.2) is 4.98 Å². The van der Waals surface area contributed by atoms with Crippen LogP contribution in [0.1, 0.15) is 43.2 Å². The second-order valence-electron chi connectivity index (χ2n) is 5.87. The Bertz CT molecular complexity index is 417. The average molecular weight is 283 g/mol. The summed E-state index contributed by atoms with van der Waals surface area (Å²) in [5.41, 5.74) is 1.07. The summed E-state index contributed by atoms with van der Waals surface area (Å²) >= 11 is 1.66. The molecule has 1 saturated heterocycles. The van der Waals surface area contributed by atoms with Crippen LogP contribution in [0.2, 0.25) is 0 Å². The number of rotatable bonds is 5. The van der Waals surface area contributed by atoms with Gasteiger partial charge in [-0.1, -0.05) is 25.2 Å². The number of hydrogen-bond donors (Lipinski definition) is 1. The molecule has 0 saturated carbocycles. The van der Waals surface area contributed by atoms with Gasteiger partial charge in [-0.3, -0.25) is 0 Å². The van der Waals surface area contributed by atoms with Crippen LogP contribution in [0.25, 0.3) is 0 Å². The molecule has 1 aliphatic heterocycles. The Hall–Kier alpha value is -0.650. The second-order valence-corrected chi connectivity index (χ2v) is 6.93. The van der Waals surface area contributed by atoms with Crippen LogP contribution in [-0.2, 0) is 6.61 Å². The van der Waals surface area contributed by atoms with Crippen LogP contribution in [-0.4, -0.2) is 48.2 Å². The zero-order valence-electron chi connectivity index (χ0n) is 12.4. The van der Waals surface area contributed by atoms with E-state index in [1.165, 1.54) is 12.8 Å². The van der Waals surface area contributed by atoms with Crippen molar-refractivity contribution in [3.63, 3.8) is 0 Å². The van der Waals surface area contributed by atoms with Gasteiger partial charge in [0.15, 0.2) is 5.13 Å². The Morgan fingerprint density at radius 1 is 1.47 bits per heavy atom. The van der Waals surface area contributed by atoms with Crippen LogP contribution in [0.3, 0.4) is 0 Å². The first-order valence-corrected chi connectivity index (χ1v) is 7.86. The van der Waals surface area contributed by atoms with E-state index in [1.807, 2.05) is 0 Å². The summed E-state index contributed by atoms with van der Waals surface area (Å²) in [6, 6.07) is 0.563. The number of aromatic nitrogens is 1. The molecule has 108 valence electrons. The minimum absolute atomic E-state index is 0.108. The summed E-state index contributed by atoms with van der Waals surface area (Å²) in [6.45, 7) is 6.55. The fraction of sp³-hybridized carbons (Fsp3) is 0.786. The summed E-state index contributed by atoms with van der Waals surface area (Å²) in [4.78, 5) is 10.5. The molecule has 0 spiro atoms. The lowest BCUT2D eigenvalue weighted by atomic mass is 10.1. The predicted molar refractivity (Wildman–Crippen MR) is 81.0 cm³/mol. The highest BCUT2D eigenvalue weighted by Crippen LogP contribution is 2.34. The maximum absolute atomic E-state index is 9.48. The fourth-order valence-corrected chi connectivity index (χ4v) is 3.91. The molecule has 2 heterocycles. The van der Waals surface area contributed by atoms with E-state index in [1.54, 1.807) is 11.3 Å². The molecule has 1 aromatic heterocycles.